The number of aryl methyl sites for hydroxylation is 1. The predicted molar refractivity (Wildman–Crippen MR) is 86.3 cm³/mol. The van der Waals surface area contributed by atoms with Crippen molar-refractivity contribution in [3.8, 4) is 0 Å². The number of nitrogens with one attached hydrogen (secondary N) is 1. The summed E-state index contributed by atoms with van der Waals surface area (Å²) in [6.45, 7) is 5.35. The van der Waals surface area contributed by atoms with Crippen LogP contribution in [0.5, 0.6) is 0 Å². The molecule has 1 fully saturated rings. The fourth-order valence-electron chi connectivity index (χ4n) is 2.59. The third-order valence-corrected chi connectivity index (χ3v) is 4.66. The van der Waals surface area contributed by atoms with E-state index >= 15 is 0 Å². The zero-order valence-corrected chi connectivity index (χ0v) is 13.8. The van der Waals surface area contributed by atoms with Crippen molar-refractivity contribution in [2.75, 3.05) is 32.8 Å². The average Bonchev–Trinajstić information content (AvgIpc) is 3.03. The highest BCUT2D eigenvalue weighted by atomic mass is 32.1. The van der Waals surface area contributed by atoms with Crippen LogP contribution in [0.3, 0.4) is 0 Å². The molecule has 0 bridgehead atoms. The average molecular weight is 333 g/mol. The van der Waals surface area contributed by atoms with Gasteiger partial charge < -0.3 is 10.1 Å². The molecule has 2 aromatic rings. The summed E-state index contributed by atoms with van der Waals surface area (Å²) < 4.78 is 9.23. The van der Waals surface area contributed by atoms with E-state index in [1.807, 2.05) is 18.2 Å². The minimum atomic E-state index is -0.133. The van der Waals surface area contributed by atoms with Crippen LogP contribution in [-0.2, 0) is 4.74 Å². The molecule has 1 saturated heterocycles. The Morgan fingerprint density at radius 2 is 2.26 bits per heavy atom. The van der Waals surface area contributed by atoms with Gasteiger partial charge in [0.1, 0.15) is 4.88 Å². The van der Waals surface area contributed by atoms with Crippen LogP contribution in [0.15, 0.2) is 24.4 Å². The third-order valence-electron chi connectivity index (χ3n) is 3.83. The van der Waals surface area contributed by atoms with Crippen LogP contribution in [0.4, 0.5) is 0 Å². The maximum atomic E-state index is 12.3. The fraction of sp³-hybridized carbons (Fsp3) is 0.467. The van der Waals surface area contributed by atoms with Gasteiger partial charge in [0.25, 0.3) is 5.91 Å². The van der Waals surface area contributed by atoms with Crippen molar-refractivity contribution in [2.45, 2.75) is 13.0 Å². The minimum absolute atomic E-state index is 0.0326. The van der Waals surface area contributed by atoms with Crippen molar-refractivity contribution in [2.24, 2.45) is 0 Å². The molecule has 1 aliphatic rings. The van der Waals surface area contributed by atoms with Crippen molar-refractivity contribution in [3.63, 3.8) is 0 Å². The summed E-state index contributed by atoms with van der Waals surface area (Å²) in [7, 11) is 0. The Morgan fingerprint density at radius 3 is 2.91 bits per heavy atom. The van der Waals surface area contributed by atoms with Gasteiger partial charge in [-0.15, -0.1) is 5.10 Å². The first-order chi connectivity index (χ1) is 11.3. The van der Waals surface area contributed by atoms with Crippen LogP contribution in [-0.4, -0.2) is 58.2 Å². The smallest absolute Gasteiger partial charge is 0.265 e. The summed E-state index contributed by atoms with van der Waals surface area (Å²) in [5.41, 5.74) is 1.61. The third kappa shape index (κ3) is 3.90. The Kier molecular flexibility index (Phi) is 5.27. The molecule has 1 aliphatic heterocycles. The molecule has 0 aliphatic carbocycles. The van der Waals surface area contributed by atoms with E-state index in [1.54, 1.807) is 13.1 Å². The van der Waals surface area contributed by atoms with E-state index in [9.17, 15) is 4.79 Å². The van der Waals surface area contributed by atoms with Crippen LogP contribution < -0.4 is 5.32 Å². The highest BCUT2D eigenvalue weighted by molar-refractivity contribution is 7.07. The van der Waals surface area contributed by atoms with E-state index in [4.69, 9.17) is 4.74 Å². The molecule has 0 aromatic carbocycles. The zero-order valence-electron chi connectivity index (χ0n) is 12.9. The molecule has 8 heteroatoms. The molecule has 2 aromatic heterocycles. The number of amides is 1. The van der Waals surface area contributed by atoms with E-state index in [1.165, 1.54) is 0 Å². The van der Waals surface area contributed by atoms with Crippen LogP contribution in [0.1, 0.15) is 27.1 Å². The van der Waals surface area contributed by atoms with Crippen molar-refractivity contribution in [1.29, 1.82) is 0 Å². The Hall–Kier alpha value is -1.90. The first kappa shape index (κ1) is 16.0. The van der Waals surface area contributed by atoms with Gasteiger partial charge in [-0.1, -0.05) is 10.6 Å². The van der Waals surface area contributed by atoms with E-state index in [-0.39, 0.29) is 11.9 Å². The molecule has 7 nitrogen and oxygen atoms in total. The summed E-state index contributed by atoms with van der Waals surface area (Å²) in [5.74, 6) is -0.133. The van der Waals surface area contributed by atoms with Gasteiger partial charge in [-0.25, -0.2) is 0 Å². The van der Waals surface area contributed by atoms with E-state index < -0.39 is 0 Å². The lowest BCUT2D eigenvalue weighted by molar-refractivity contribution is 0.0154. The highest BCUT2D eigenvalue weighted by Gasteiger charge is 2.25. The summed E-state index contributed by atoms with van der Waals surface area (Å²) in [6.07, 6.45) is 1.78. The molecule has 0 radical (unpaired) electrons. The van der Waals surface area contributed by atoms with Crippen LogP contribution in [0.25, 0.3) is 0 Å². The Bertz CT molecular complexity index is 642. The van der Waals surface area contributed by atoms with Gasteiger partial charge in [0, 0.05) is 25.8 Å². The number of hydrogen-bond acceptors (Lipinski definition) is 7. The number of ether oxygens (including phenoxy) is 1. The number of pyridine rings is 1. The van der Waals surface area contributed by atoms with Gasteiger partial charge in [-0.3, -0.25) is 14.7 Å². The van der Waals surface area contributed by atoms with Crippen LogP contribution in [0.2, 0.25) is 0 Å². The van der Waals surface area contributed by atoms with Crippen LogP contribution in [0, 0.1) is 6.92 Å². The first-order valence-corrected chi connectivity index (χ1v) is 8.33. The number of hydrogen-bond donors (Lipinski definition) is 1. The molecule has 23 heavy (non-hydrogen) atoms. The quantitative estimate of drug-likeness (QED) is 0.881. The number of carbonyl (C=O) groups is 1. The maximum Gasteiger partial charge on any atom is 0.265 e. The summed E-state index contributed by atoms with van der Waals surface area (Å²) in [5, 5.41) is 6.87. The molecular formula is C15H19N5O2S. The lowest BCUT2D eigenvalue weighted by Crippen LogP contribution is -2.44. The molecule has 1 amide bonds. The molecule has 1 atom stereocenters. The van der Waals surface area contributed by atoms with Gasteiger partial charge in [0.05, 0.1) is 30.6 Å². The minimum Gasteiger partial charge on any atom is -0.379 e. The summed E-state index contributed by atoms with van der Waals surface area (Å²) >= 11 is 1.12. The lowest BCUT2D eigenvalue weighted by atomic mass is 10.1. The standard InChI is InChI=1S/C15H19N5O2S/c1-11-14(23-19-18-11)15(21)17-10-13(12-4-2-3-5-16-12)20-6-8-22-9-7-20/h2-5,13H,6-10H2,1H3,(H,17,21)/t13-/m0/s1. The first-order valence-electron chi connectivity index (χ1n) is 7.55. The molecule has 0 unspecified atom stereocenters. The Labute approximate surface area is 138 Å². The largest absolute Gasteiger partial charge is 0.379 e. The van der Waals surface area contributed by atoms with Crippen molar-refractivity contribution in [3.05, 3.63) is 40.7 Å². The van der Waals surface area contributed by atoms with E-state index in [2.05, 4.69) is 24.8 Å². The van der Waals surface area contributed by atoms with Crippen molar-refractivity contribution >= 4 is 17.4 Å². The fourth-order valence-corrected chi connectivity index (χ4v) is 3.17. The van der Waals surface area contributed by atoms with Gasteiger partial charge in [-0.2, -0.15) is 0 Å². The number of rotatable bonds is 5. The number of morpholine rings is 1. The monoisotopic (exact) mass is 333 g/mol. The molecule has 122 valence electrons. The molecule has 3 rings (SSSR count). The second-order valence-electron chi connectivity index (χ2n) is 5.32. The molecule has 1 N–H and O–H groups in total. The maximum absolute atomic E-state index is 12.3. The second kappa shape index (κ2) is 7.58. The molecule has 0 spiro atoms. The van der Waals surface area contributed by atoms with Gasteiger partial charge >= 0.3 is 0 Å². The Balaban J connectivity index is 1.71. The highest BCUT2D eigenvalue weighted by Crippen LogP contribution is 2.19. The van der Waals surface area contributed by atoms with Gasteiger partial charge in [-0.05, 0) is 30.6 Å². The predicted octanol–water partition coefficient (Wildman–Crippen LogP) is 1.04. The molecule has 3 heterocycles. The Morgan fingerprint density at radius 1 is 1.43 bits per heavy atom. The zero-order chi connectivity index (χ0) is 16.1. The topological polar surface area (TPSA) is 80.2 Å². The van der Waals surface area contributed by atoms with E-state index in [0.29, 0.717) is 30.3 Å². The summed E-state index contributed by atoms with van der Waals surface area (Å²) in [6, 6.07) is 5.89. The van der Waals surface area contributed by atoms with Crippen molar-refractivity contribution < 1.29 is 9.53 Å². The SMILES string of the molecule is Cc1nnsc1C(=O)NC[C@@H](c1ccccn1)N1CCOCC1. The van der Waals surface area contributed by atoms with Crippen molar-refractivity contribution in [1.82, 2.24) is 24.8 Å². The van der Waals surface area contributed by atoms with Crippen LogP contribution >= 0.6 is 11.5 Å². The number of aromatic nitrogens is 3. The number of nitrogens with zero attached hydrogens (tertiary/aromatic N) is 4. The summed E-state index contributed by atoms with van der Waals surface area (Å²) in [4.78, 5) is 19.6. The molecule has 0 saturated carbocycles. The van der Waals surface area contributed by atoms with Gasteiger partial charge in [0.15, 0.2) is 0 Å². The second-order valence-corrected chi connectivity index (χ2v) is 6.07. The molecular weight excluding hydrogens is 314 g/mol. The van der Waals surface area contributed by atoms with E-state index in [0.717, 1.165) is 30.3 Å². The number of carbonyl (C=O) groups excluding carboxylic acids is 1. The lowest BCUT2D eigenvalue weighted by Gasteiger charge is -2.34. The van der Waals surface area contributed by atoms with Gasteiger partial charge in [0.2, 0.25) is 0 Å². The normalized spacial score (nSPS) is 16.9.